The molecule has 1 unspecified atom stereocenters. The fraction of sp³-hybridized carbons (Fsp3) is 0.300. The molecule has 1 aromatic rings. The summed E-state index contributed by atoms with van der Waals surface area (Å²) in [6.07, 6.45) is 0.389. The number of aromatic hydroxyl groups is 1. The Bertz CT molecular complexity index is 349. The van der Waals surface area contributed by atoms with Crippen molar-refractivity contribution >= 4 is 17.6 Å². The van der Waals surface area contributed by atoms with Crippen LogP contribution in [0.5, 0.6) is 5.75 Å². The van der Waals surface area contributed by atoms with Crippen LogP contribution in [0.1, 0.15) is 12.5 Å². The van der Waals surface area contributed by atoms with Gasteiger partial charge >= 0.3 is 5.97 Å². The van der Waals surface area contributed by atoms with Crippen LogP contribution in [0.2, 0.25) is 5.02 Å². The summed E-state index contributed by atoms with van der Waals surface area (Å²) in [5.74, 6) is -1.32. The molecule has 0 aliphatic rings. The van der Waals surface area contributed by atoms with Gasteiger partial charge in [0.25, 0.3) is 0 Å². The van der Waals surface area contributed by atoms with Crippen molar-refractivity contribution in [2.45, 2.75) is 13.3 Å². The summed E-state index contributed by atoms with van der Waals surface area (Å²) in [5.41, 5.74) is 0.766. The van der Waals surface area contributed by atoms with E-state index in [0.717, 1.165) is 5.56 Å². The first-order valence-electron chi connectivity index (χ1n) is 4.21. The van der Waals surface area contributed by atoms with Crippen LogP contribution in [0.3, 0.4) is 0 Å². The Morgan fingerprint density at radius 2 is 2.21 bits per heavy atom. The van der Waals surface area contributed by atoms with E-state index in [4.69, 9.17) is 16.7 Å². The molecule has 0 aromatic heterocycles. The predicted octanol–water partition coefficient (Wildman–Crippen LogP) is 2.31. The summed E-state index contributed by atoms with van der Waals surface area (Å²) >= 11 is 5.61. The van der Waals surface area contributed by atoms with Gasteiger partial charge in [-0.05, 0) is 24.1 Å². The molecule has 0 heterocycles. The number of hydrogen-bond acceptors (Lipinski definition) is 2. The second-order valence-corrected chi connectivity index (χ2v) is 3.64. The maximum Gasteiger partial charge on any atom is 0.306 e. The first-order chi connectivity index (χ1) is 6.50. The molecule has 76 valence electrons. The van der Waals surface area contributed by atoms with Crippen LogP contribution in [0, 0.1) is 5.92 Å². The Morgan fingerprint density at radius 1 is 1.57 bits per heavy atom. The minimum atomic E-state index is -0.848. The first-order valence-corrected chi connectivity index (χ1v) is 4.58. The van der Waals surface area contributed by atoms with E-state index < -0.39 is 11.9 Å². The van der Waals surface area contributed by atoms with Crippen LogP contribution in [0.4, 0.5) is 0 Å². The van der Waals surface area contributed by atoms with Gasteiger partial charge < -0.3 is 10.2 Å². The molecule has 1 aromatic carbocycles. The second-order valence-electron chi connectivity index (χ2n) is 3.23. The number of halogens is 1. The summed E-state index contributed by atoms with van der Waals surface area (Å²) in [6.45, 7) is 1.62. The molecule has 14 heavy (non-hydrogen) atoms. The Morgan fingerprint density at radius 3 is 2.71 bits per heavy atom. The number of benzene rings is 1. The molecule has 4 heteroatoms. The maximum atomic E-state index is 10.6. The normalized spacial score (nSPS) is 12.4. The van der Waals surface area contributed by atoms with Gasteiger partial charge in [0.2, 0.25) is 0 Å². The Kier molecular flexibility index (Phi) is 3.36. The van der Waals surface area contributed by atoms with E-state index in [0.29, 0.717) is 6.42 Å². The van der Waals surface area contributed by atoms with Crippen molar-refractivity contribution in [1.82, 2.24) is 0 Å². The standard InChI is InChI=1S/C10H11ClO3/c1-6(10(13)14)4-7-2-3-8(11)9(12)5-7/h2-3,5-6,12H,4H2,1H3,(H,13,14). The van der Waals surface area contributed by atoms with Gasteiger partial charge in [0.1, 0.15) is 5.75 Å². The lowest BCUT2D eigenvalue weighted by Crippen LogP contribution is -2.12. The van der Waals surface area contributed by atoms with Crippen molar-refractivity contribution < 1.29 is 15.0 Å². The quantitative estimate of drug-likeness (QED) is 0.812. The molecule has 0 saturated heterocycles. The van der Waals surface area contributed by atoms with E-state index in [2.05, 4.69) is 0 Å². The largest absolute Gasteiger partial charge is 0.506 e. The zero-order valence-electron chi connectivity index (χ0n) is 7.70. The number of rotatable bonds is 3. The third kappa shape index (κ3) is 2.64. The molecular formula is C10H11ClO3. The molecule has 0 saturated carbocycles. The fourth-order valence-corrected chi connectivity index (χ4v) is 1.24. The first kappa shape index (κ1) is 10.9. The lowest BCUT2D eigenvalue weighted by molar-refractivity contribution is -0.141. The van der Waals surface area contributed by atoms with Crippen molar-refractivity contribution in [1.29, 1.82) is 0 Å². The van der Waals surface area contributed by atoms with Gasteiger partial charge in [-0.2, -0.15) is 0 Å². The van der Waals surface area contributed by atoms with E-state index in [1.165, 1.54) is 6.07 Å². The van der Waals surface area contributed by atoms with E-state index in [9.17, 15) is 9.90 Å². The minimum Gasteiger partial charge on any atom is -0.506 e. The van der Waals surface area contributed by atoms with Crippen molar-refractivity contribution in [3.63, 3.8) is 0 Å². The summed E-state index contributed by atoms with van der Waals surface area (Å²) in [6, 6.07) is 4.75. The van der Waals surface area contributed by atoms with Gasteiger partial charge in [-0.1, -0.05) is 24.6 Å². The Hall–Kier alpha value is -1.22. The molecule has 3 nitrogen and oxygen atoms in total. The highest BCUT2D eigenvalue weighted by Gasteiger charge is 2.12. The fourth-order valence-electron chi connectivity index (χ4n) is 1.13. The van der Waals surface area contributed by atoms with Crippen molar-refractivity contribution in [3.05, 3.63) is 28.8 Å². The van der Waals surface area contributed by atoms with E-state index in [-0.39, 0.29) is 10.8 Å². The molecule has 0 aliphatic heterocycles. The Labute approximate surface area is 86.9 Å². The van der Waals surface area contributed by atoms with Gasteiger partial charge in [0, 0.05) is 0 Å². The predicted molar refractivity (Wildman–Crippen MR) is 53.6 cm³/mol. The molecular weight excluding hydrogens is 204 g/mol. The number of hydrogen-bond donors (Lipinski definition) is 2. The van der Waals surface area contributed by atoms with Crippen LogP contribution < -0.4 is 0 Å². The number of phenolic OH excluding ortho intramolecular Hbond substituents is 1. The summed E-state index contributed by atoms with van der Waals surface area (Å²) < 4.78 is 0. The molecule has 0 bridgehead atoms. The van der Waals surface area contributed by atoms with Crippen molar-refractivity contribution in [2.75, 3.05) is 0 Å². The summed E-state index contributed by atoms with van der Waals surface area (Å²) in [4.78, 5) is 10.6. The molecule has 2 N–H and O–H groups in total. The average Bonchev–Trinajstić information content (AvgIpc) is 2.11. The van der Waals surface area contributed by atoms with Crippen LogP contribution in [0.25, 0.3) is 0 Å². The van der Waals surface area contributed by atoms with Crippen LogP contribution in [0.15, 0.2) is 18.2 Å². The molecule has 1 atom stereocenters. The zero-order chi connectivity index (χ0) is 10.7. The van der Waals surface area contributed by atoms with Gasteiger partial charge in [-0.25, -0.2) is 0 Å². The maximum absolute atomic E-state index is 10.6. The summed E-state index contributed by atoms with van der Waals surface area (Å²) in [7, 11) is 0. The van der Waals surface area contributed by atoms with Crippen LogP contribution in [-0.4, -0.2) is 16.2 Å². The number of carboxylic acid groups (broad SMARTS) is 1. The van der Waals surface area contributed by atoms with E-state index >= 15 is 0 Å². The highest BCUT2D eigenvalue weighted by Crippen LogP contribution is 2.24. The monoisotopic (exact) mass is 214 g/mol. The topological polar surface area (TPSA) is 57.5 Å². The van der Waals surface area contributed by atoms with Gasteiger partial charge in [0.15, 0.2) is 0 Å². The molecule has 1 rings (SSSR count). The van der Waals surface area contributed by atoms with Gasteiger partial charge in [-0.3, -0.25) is 4.79 Å². The number of carboxylic acids is 1. The van der Waals surface area contributed by atoms with Crippen LogP contribution >= 0.6 is 11.6 Å². The molecule has 0 amide bonds. The molecule has 0 aliphatic carbocycles. The lowest BCUT2D eigenvalue weighted by Gasteiger charge is -2.06. The third-order valence-corrected chi connectivity index (χ3v) is 2.29. The van der Waals surface area contributed by atoms with Crippen molar-refractivity contribution in [2.24, 2.45) is 5.92 Å². The second kappa shape index (κ2) is 4.33. The smallest absolute Gasteiger partial charge is 0.306 e. The number of phenols is 1. The minimum absolute atomic E-state index is 0.0123. The van der Waals surface area contributed by atoms with Crippen LogP contribution in [-0.2, 0) is 11.2 Å². The average molecular weight is 215 g/mol. The lowest BCUT2D eigenvalue weighted by atomic mass is 10.0. The number of aliphatic carboxylic acids is 1. The summed E-state index contributed by atoms with van der Waals surface area (Å²) in [5, 5.41) is 18.2. The highest BCUT2D eigenvalue weighted by atomic mass is 35.5. The molecule has 0 fully saturated rings. The zero-order valence-corrected chi connectivity index (χ0v) is 8.45. The number of carbonyl (C=O) groups is 1. The van der Waals surface area contributed by atoms with Gasteiger partial charge in [0.05, 0.1) is 10.9 Å². The third-order valence-electron chi connectivity index (χ3n) is 1.97. The van der Waals surface area contributed by atoms with E-state index in [1.807, 2.05) is 0 Å². The Balaban J connectivity index is 2.78. The van der Waals surface area contributed by atoms with Crippen molar-refractivity contribution in [3.8, 4) is 5.75 Å². The highest BCUT2D eigenvalue weighted by molar-refractivity contribution is 6.32. The van der Waals surface area contributed by atoms with E-state index in [1.54, 1.807) is 19.1 Å². The molecule has 0 spiro atoms. The SMILES string of the molecule is CC(Cc1ccc(Cl)c(O)c1)C(=O)O. The molecule has 0 radical (unpaired) electrons. The van der Waals surface area contributed by atoms with Gasteiger partial charge in [-0.15, -0.1) is 0 Å².